The lowest BCUT2D eigenvalue weighted by molar-refractivity contribution is -0.175. The van der Waals surface area contributed by atoms with Gasteiger partial charge < -0.3 is 9.47 Å². The second-order valence-corrected chi connectivity index (χ2v) is 9.54. The van der Waals surface area contributed by atoms with E-state index in [1.165, 1.54) is 25.8 Å². The Kier molecular flexibility index (Phi) is 4.51. The van der Waals surface area contributed by atoms with Gasteiger partial charge in [0, 0.05) is 25.7 Å². The highest BCUT2D eigenvalue weighted by molar-refractivity contribution is 5.67. The van der Waals surface area contributed by atoms with Crippen molar-refractivity contribution >= 4 is 11.9 Å². The van der Waals surface area contributed by atoms with E-state index in [0.717, 1.165) is 44.3 Å². The number of esters is 2. The van der Waals surface area contributed by atoms with Crippen LogP contribution in [0.3, 0.4) is 0 Å². The van der Waals surface area contributed by atoms with E-state index in [9.17, 15) is 9.59 Å². The lowest BCUT2D eigenvalue weighted by Crippen LogP contribution is -2.52. The van der Waals surface area contributed by atoms with Crippen molar-refractivity contribution in [3.8, 4) is 0 Å². The van der Waals surface area contributed by atoms with Crippen molar-refractivity contribution < 1.29 is 19.1 Å². The van der Waals surface area contributed by atoms with E-state index in [0.29, 0.717) is 23.7 Å². The number of carbonyl (C=O) groups is 2. The smallest absolute Gasteiger partial charge is 0.307 e. The van der Waals surface area contributed by atoms with Crippen LogP contribution in [0.15, 0.2) is 23.5 Å². The molecular formula is C23H32O4. The molecule has 0 aromatic heterocycles. The van der Waals surface area contributed by atoms with Crippen LogP contribution in [0, 0.1) is 29.1 Å². The largest absolute Gasteiger partial charge is 0.459 e. The number of carbonyl (C=O) groups excluding carboxylic acids is 2. The number of fused-ring (bicyclic) bond motifs is 5. The molecule has 148 valence electrons. The standard InChI is InChI=1S/C23H32O4/c1-14(24)26-17-6-8-18-16(13-17)5-7-20-19(18)9-11-22(3)21(20)10-12-23(22,4)27-15(2)25/h5,13,18-21H,6-12H2,1-4H3/t18-,19+,20+,21-,22-,23-/m0/s1. The summed E-state index contributed by atoms with van der Waals surface area (Å²) < 4.78 is 11.3. The molecule has 27 heavy (non-hydrogen) atoms. The molecule has 6 atom stereocenters. The van der Waals surface area contributed by atoms with Crippen molar-refractivity contribution in [3.63, 3.8) is 0 Å². The van der Waals surface area contributed by atoms with E-state index in [-0.39, 0.29) is 23.0 Å². The van der Waals surface area contributed by atoms with Crippen LogP contribution in [0.5, 0.6) is 0 Å². The molecule has 4 nitrogen and oxygen atoms in total. The van der Waals surface area contributed by atoms with E-state index in [1.54, 1.807) is 0 Å². The molecule has 0 bridgehead atoms. The van der Waals surface area contributed by atoms with Gasteiger partial charge in [-0.2, -0.15) is 0 Å². The van der Waals surface area contributed by atoms with Crippen molar-refractivity contribution in [3.05, 3.63) is 23.5 Å². The summed E-state index contributed by atoms with van der Waals surface area (Å²) in [6, 6.07) is 0. The quantitative estimate of drug-likeness (QED) is 0.644. The Labute approximate surface area is 162 Å². The highest BCUT2D eigenvalue weighted by atomic mass is 16.6. The Morgan fingerprint density at radius 2 is 1.81 bits per heavy atom. The minimum absolute atomic E-state index is 0.0819. The topological polar surface area (TPSA) is 52.6 Å². The Balaban J connectivity index is 1.58. The first-order valence-corrected chi connectivity index (χ1v) is 10.5. The van der Waals surface area contributed by atoms with Gasteiger partial charge in [-0.1, -0.05) is 13.0 Å². The van der Waals surface area contributed by atoms with E-state index >= 15 is 0 Å². The summed E-state index contributed by atoms with van der Waals surface area (Å²) in [5, 5.41) is 0. The molecule has 0 heterocycles. The van der Waals surface area contributed by atoms with Crippen LogP contribution in [0.4, 0.5) is 0 Å². The molecule has 0 unspecified atom stereocenters. The molecule has 0 aromatic rings. The molecule has 2 saturated carbocycles. The third kappa shape index (κ3) is 2.96. The van der Waals surface area contributed by atoms with Crippen LogP contribution in [0.1, 0.15) is 72.6 Å². The van der Waals surface area contributed by atoms with Gasteiger partial charge in [-0.15, -0.1) is 0 Å². The maximum Gasteiger partial charge on any atom is 0.307 e. The van der Waals surface area contributed by atoms with Gasteiger partial charge in [0.1, 0.15) is 11.4 Å². The molecule has 0 N–H and O–H groups in total. The predicted octanol–water partition coefficient (Wildman–Crippen LogP) is 4.94. The van der Waals surface area contributed by atoms with Crippen molar-refractivity contribution in [2.24, 2.45) is 29.1 Å². The molecule has 4 rings (SSSR count). The van der Waals surface area contributed by atoms with Gasteiger partial charge in [-0.25, -0.2) is 0 Å². The highest BCUT2D eigenvalue weighted by Crippen LogP contribution is 2.65. The molecule has 0 aromatic carbocycles. The third-order valence-electron chi connectivity index (χ3n) is 8.27. The fourth-order valence-electron chi connectivity index (χ4n) is 6.90. The fourth-order valence-corrected chi connectivity index (χ4v) is 6.90. The lowest BCUT2D eigenvalue weighted by atomic mass is 9.51. The maximum absolute atomic E-state index is 11.7. The van der Waals surface area contributed by atoms with Crippen LogP contribution in [-0.4, -0.2) is 17.5 Å². The molecule has 0 radical (unpaired) electrons. The van der Waals surface area contributed by atoms with Crippen LogP contribution in [-0.2, 0) is 19.1 Å². The lowest BCUT2D eigenvalue weighted by Gasteiger charge is -2.54. The third-order valence-corrected chi connectivity index (χ3v) is 8.27. The molecule has 0 aliphatic heterocycles. The van der Waals surface area contributed by atoms with E-state index in [1.807, 2.05) is 0 Å². The average Bonchev–Trinajstić information content (AvgIpc) is 2.84. The van der Waals surface area contributed by atoms with Gasteiger partial charge in [0.15, 0.2) is 0 Å². The first-order valence-electron chi connectivity index (χ1n) is 10.5. The average molecular weight is 373 g/mol. The molecule has 0 spiro atoms. The minimum Gasteiger partial charge on any atom is -0.459 e. The Bertz CT molecular complexity index is 720. The second kappa shape index (κ2) is 6.49. The molecule has 4 aliphatic carbocycles. The van der Waals surface area contributed by atoms with Crippen LogP contribution in [0.2, 0.25) is 0 Å². The highest BCUT2D eigenvalue weighted by Gasteiger charge is 2.62. The monoisotopic (exact) mass is 372 g/mol. The zero-order valence-corrected chi connectivity index (χ0v) is 17.0. The van der Waals surface area contributed by atoms with Crippen LogP contribution in [0.25, 0.3) is 0 Å². The fraction of sp³-hybridized carbons (Fsp3) is 0.739. The summed E-state index contributed by atoms with van der Waals surface area (Å²) in [6.45, 7) is 7.54. The number of hydrogen-bond acceptors (Lipinski definition) is 4. The summed E-state index contributed by atoms with van der Waals surface area (Å²) in [4.78, 5) is 23.0. The van der Waals surface area contributed by atoms with Crippen molar-refractivity contribution in [1.82, 2.24) is 0 Å². The number of rotatable bonds is 2. The zero-order chi connectivity index (χ0) is 19.4. The van der Waals surface area contributed by atoms with Gasteiger partial charge in [0.2, 0.25) is 0 Å². The summed E-state index contributed by atoms with van der Waals surface area (Å²) >= 11 is 0. The van der Waals surface area contributed by atoms with Crippen molar-refractivity contribution in [2.45, 2.75) is 78.2 Å². The molecule has 0 saturated heterocycles. The van der Waals surface area contributed by atoms with Gasteiger partial charge in [-0.3, -0.25) is 9.59 Å². The molecule has 4 heteroatoms. The normalized spacial score (nSPS) is 42.8. The van der Waals surface area contributed by atoms with E-state index < -0.39 is 0 Å². The summed E-state index contributed by atoms with van der Waals surface area (Å²) in [5.74, 6) is 3.05. The predicted molar refractivity (Wildman–Crippen MR) is 102 cm³/mol. The van der Waals surface area contributed by atoms with Crippen molar-refractivity contribution in [1.29, 1.82) is 0 Å². The zero-order valence-electron chi connectivity index (χ0n) is 17.0. The van der Waals surface area contributed by atoms with E-state index in [4.69, 9.17) is 9.47 Å². The Morgan fingerprint density at radius 1 is 1.04 bits per heavy atom. The molecule has 2 fully saturated rings. The first-order chi connectivity index (χ1) is 12.7. The van der Waals surface area contributed by atoms with Gasteiger partial charge in [0.25, 0.3) is 0 Å². The van der Waals surface area contributed by atoms with Crippen LogP contribution >= 0.6 is 0 Å². The van der Waals surface area contributed by atoms with Gasteiger partial charge in [-0.05, 0) is 80.8 Å². The number of allylic oxidation sites excluding steroid dienone is 4. The van der Waals surface area contributed by atoms with Crippen molar-refractivity contribution in [2.75, 3.05) is 0 Å². The molecule has 4 aliphatic rings. The molecule has 0 amide bonds. The summed E-state index contributed by atoms with van der Waals surface area (Å²) in [7, 11) is 0. The number of ether oxygens (including phenoxy) is 2. The minimum atomic E-state index is -0.326. The first kappa shape index (κ1) is 18.8. The SMILES string of the molecule is CC(=O)OC1=CC2=CC[C@@H]3[C@H](CC[C@@]4(C)[C@H]3CC[C@]4(C)OC(C)=O)[C@H]2CC1. The summed E-state index contributed by atoms with van der Waals surface area (Å²) in [6.07, 6.45) is 12.0. The molecular weight excluding hydrogens is 340 g/mol. The van der Waals surface area contributed by atoms with E-state index in [2.05, 4.69) is 26.0 Å². The van der Waals surface area contributed by atoms with Gasteiger partial charge >= 0.3 is 11.9 Å². The Hall–Kier alpha value is -1.58. The van der Waals surface area contributed by atoms with Gasteiger partial charge in [0.05, 0.1) is 0 Å². The maximum atomic E-state index is 11.7. The summed E-state index contributed by atoms with van der Waals surface area (Å²) in [5.41, 5.74) is 1.13. The van der Waals surface area contributed by atoms with Crippen LogP contribution < -0.4 is 0 Å². The Morgan fingerprint density at radius 3 is 2.52 bits per heavy atom. The second-order valence-electron chi connectivity index (χ2n) is 9.54. The number of hydrogen-bond donors (Lipinski definition) is 0.